The Balaban J connectivity index is 2.12. The Kier molecular flexibility index (Phi) is 3.42. The lowest BCUT2D eigenvalue weighted by atomic mass is 10.1. The van der Waals surface area contributed by atoms with Crippen molar-refractivity contribution in [1.29, 1.82) is 0 Å². The van der Waals surface area contributed by atoms with Crippen LogP contribution in [-0.4, -0.2) is 59.3 Å². The predicted octanol–water partition coefficient (Wildman–Crippen LogP) is -1.31. The second-order valence-electron chi connectivity index (χ2n) is 4.89. The molecule has 1 aliphatic rings. The number of aliphatic hydroxyl groups is 3. The van der Waals surface area contributed by atoms with E-state index >= 15 is 0 Å². The molecule has 2 aromatic rings. The van der Waals surface area contributed by atoms with E-state index in [0.717, 1.165) is 0 Å². The standard InChI is InChI=1S/C11H15N5O4S/c1-15-10(21)5-8(14-11(15)12)16(3-13-5)9-7(19)6(18)4(2-17)20-9/h3-4,6-7,9,17-19H,2H2,1H3,(H2,12,14)/t4-,6-,7+,9-/m1/s1. The van der Waals surface area contributed by atoms with E-state index in [2.05, 4.69) is 9.97 Å². The van der Waals surface area contributed by atoms with Gasteiger partial charge in [0, 0.05) is 7.05 Å². The first-order valence-corrected chi connectivity index (χ1v) is 6.68. The molecule has 0 bridgehead atoms. The largest absolute Gasteiger partial charge is 0.394 e. The third-order valence-electron chi connectivity index (χ3n) is 3.63. The van der Waals surface area contributed by atoms with Crippen LogP contribution in [0.1, 0.15) is 6.23 Å². The minimum Gasteiger partial charge on any atom is -0.394 e. The van der Waals surface area contributed by atoms with E-state index in [1.165, 1.54) is 15.5 Å². The van der Waals surface area contributed by atoms with Crippen molar-refractivity contribution in [2.75, 3.05) is 12.3 Å². The van der Waals surface area contributed by atoms with Gasteiger partial charge in [-0.05, 0) is 0 Å². The fraction of sp³-hybridized carbons (Fsp3) is 0.545. The fourth-order valence-corrected chi connectivity index (χ4v) is 2.60. The van der Waals surface area contributed by atoms with Gasteiger partial charge < -0.3 is 30.4 Å². The molecule has 1 saturated heterocycles. The van der Waals surface area contributed by atoms with Crippen LogP contribution in [-0.2, 0) is 11.8 Å². The Bertz CT molecular complexity index is 744. The molecular formula is C11H15N5O4S. The van der Waals surface area contributed by atoms with E-state index in [-0.39, 0.29) is 5.95 Å². The van der Waals surface area contributed by atoms with Crippen LogP contribution in [0, 0.1) is 4.64 Å². The summed E-state index contributed by atoms with van der Waals surface area (Å²) in [5.74, 6) is 0.195. The van der Waals surface area contributed by atoms with Crippen molar-refractivity contribution in [2.45, 2.75) is 24.5 Å². The maximum absolute atomic E-state index is 10.1. The second-order valence-corrected chi connectivity index (χ2v) is 5.27. The van der Waals surface area contributed by atoms with Crippen molar-refractivity contribution in [1.82, 2.24) is 19.1 Å². The molecule has 0 spiro atoms. The van der Waals surface area contributed by atoms with E-state index < -0.39 is 31.1 Å². The number of aromatic nitrogens is 4. The van der Waals surface area contributed by atoms with Crippen molar-refractivity contribution in [3.05, 3.63) is 11.0 Å². The molecule has 0 radical (unpaired) electrons. The lowest BCUT2D eigenvalue weighted by Gasteiger charge is -2.16. The number of aliphatic hydroxyl groups excluding tert-OH is 3. The Labute approximate surface area is 124 Å². The predicted molar refractivity (Wildman–Crippen MR) is 74.8 cm³/mol. The molecule has 4 atom stereocenters. The summed E-state index contributed by atoms with van der Waals surface area (Å²) in [5, 5.41) is 29.0. The molecule has 10 heteroatoms. The van der Waals surface area contributed by atoms with Gasteiger partial charge in [0.15, 0.2) is 11.9 Å². The molecule has 21 heavy (non-hydrogen) atoms. The summed E-state index contributed by atoms with van der Waals surface area (Å²) in [6.07, 6.45) is -2.80. The van der Waals surface area contributed by atoms with E-state index in [1.54, 1.807) is 7.05 Å². The number of imidazole rings is 1. The smallest absolute Gasteiger partial charge is 0.203 e. The molecule has 3 rings (SSSR count). The summed E-state index contributed by atoms with van der Waals surface area (Å²) < 4.78 is 8.82. The van der Waals surface area contributed by atoms with Crippen LogP contribution in [0.15, 0.2) is 6.33 Å². The average molecular weight is 313 g/mol. The molecule has 5 N–H and O–H groups in total. The first kappa shape index (κ1) is 14.4. The van der Waals surface area contributed by atoms with Gasteiger partial charge in [0.05, 0.1) is 12.9 Å². The lowest BCUT2D eigenvalue weighted by Crippen LogP contribution is -2.33. The Hall–Kier alpha value is -1.59. The Morgan fingerprint density at radius 2 is 2.14 bits per heavy atom. The van der Waals surface area contributed by atoms with Crippen molar-refractivity contribution >= 4 is 29.3 Å². The molecule has 1 aliphatic heterocycles. The summed E-state index contributed by atoms with van der Waals surface area (Å²) in [6.45, 7) is -0.405. The molecule has 0 saturated carbocycles. The van der Waals surface area contributed by atoms with Crippen LogP contribution in [0.25, 0.3) is 11.2 Å². The molecule has 9 nitrogen and oxygen atoms in total. The summed E-state index contributed by atoms with van der Waals surface area (Å²) in [5.41, 5.74) is 6.58. The van der Waals surface area contributed by atoms with Crippen molar-refractivity contribution in [3.8, 4) is 0 Å². The number of nitrogens with two attached hydrogens (primary N) is 1. The number of fused-ring (bicyclic) bond motifs is 1. The molecule has 0 unspecified atom stereocenters. The third-order valence-corrected chi connectivity index (χ3v) is 4.10. The second kappa shape index (κ2) is 5.00. The van der Waals surface area contributed by atoms with Gasteiger partial charge in [0.1, 0.15) is 28.5 Å². The van der Waals surface area contributed by atoms with Crippen LogP contribution >= 0.6 is 12.2 Å². The van der Waals surface area contributed by atoms with Crippen LogP contribution in [0.5, 0.6) is 0 Å². The van der Waals surface area contributed by atoms with Crippen LogP contribution in [0.4, 0.5) is 5.95 Å². The SMILES string of the molecule is Cn1c(N)nc2c(ncn2[C@@H]2O[C@H](CO)[C@@H](O)[C@@H]2O)c1=S. The lowest BCUT2D eigenvalue weighted by molar-refractivity contribution is -0.0511. The summed E-state index contributed by atoms with van der Waals surface area (Å²) >= 11 is 5.24. The molecule has 0 aliphatic carbocycles. The zero-order valence-corrected chi connectivity index (χ0v) is 11.9. The molecule has 114 valence electrons. The number of anilines is 1. The summed E-state index contributed by atoms with van der Waals surface area (Å²) in [7, 11) is 1.68. The molecular weight excluding hydrogens is 298 g/mol. The first-order chi connectivity index (χ1) is 9.95. The van der Waals surface area contributed by atoms with E-state index in [1.807, 2.05) is 0 Å². The van der Waals surface area contributed by atoms with Crippen LogP contribution < -0.4 is 5.73 Å². The molecule has 0 amide bonds. The van der Waals surface area contributed by atoms with Gasteiger partial charge in [-0.3, -0.25) is 4.57 Å². The normalized spacial score (nSPS) is 29.3. The number of rotatable bonds is 2. The average Bonchev–Trinajstić information content (AvgIpc) is 2.99. The summed E-state index contributed by atoms with van der Waals surface area (Å²) in [6, 6.07) is 0. The molecule has 0 aromatic carbocycles. The van der Waals surface area contributed by atoms with Gasteiger partial charge in [0.25, 0.3) is 0 Å². The highest BCUT2D eigenvalue weighted by Crippen LogP contribution is 2.31. The van der Waals surface area contributed by atoms with Gasteiger partial charge in [-0.2, -0.15) is 4.98 Å². The quantitative estimate of drug-likeness (QED) is 0.503. The minimum atomic E-state index is -1.22. The maximum Gasteiger partial charge on any atom is 0.203 e. The Morgan fingerprint density at radius 3 is 2.76 bits per heavy atom. The summed E-state index contributed by atoms with van der Waals surface area (Å²) in [4.78, 5) is 8.35. The number of hydrogen-bond donors (Lipinski definition) is 4. The number of ether oxygens (including phenoxy) is 1. The molecule has 3 heterocycles. The van der Waals surface area contributed by atoms with Crippen molar-refractivity contribution < 1.29 is 20.1 Å². The molecule has 1 fully saturated rings. The first-order valence-electron chi connectivity index (χ1n) is 6.27. The number of nitrogens with zero attached hydrogens (tertiary/aromatic N) is 4. The number of hydrogen-bond acceptors (Lipinski definition) is 8. The maximum atomic E-state index is 10.1. The Morgan fingerprint density at radius 1 is 1.43 bits per heavy atom. The van der Waals surface area contributed by atoms with Gasteiger partial charge in [-0.15, -0.1) is 0 Å². The van der Waals surface area contributed by atoms with Gasteiger partial charge in [0.2, 0.25) is 5.95 Å². The third kappa shape index (κ3) is 2.03. The topological polar surface area (TPSA) is 132 Å². The highest BCUT2D eigenvalue weighted by Gasteiger charge is 2.44. The fourth-order valence-electron chi connectivity index (χ4n) is 2.36. The monoisotopic (exact) mass is 313 g/mol. The van der Waals surface area contributed by atoms with Gasteiger partial charge in [-0.1, -0.05) is 12.2 Å². The van der Waals surface area contributed by atoms with Gasteiger partial charge >= 0.3 is 0 Å². The van der Waals surface area contributed by atoms with Crippen molar-refractivity contribution in [2.24, 2.45) is 7.05 Å². The zero-order chi connectivity index (χ0) is 15.3. The van der Waals surface area contributed by atoms with E-state index in [4.69, 9.17) is 27.8 Å². The molecule has 2 aromatic heterocycles. The minimum absolute atomic E-state index is 0.195. The number of nitrogen functional groups attached to an aromatic ring is 1. The van der Waals surface area contributed by atoms with Crippen molar-refractivity contribution in [3.63, 3.8) is 0 Å². The van der Waals surface area contributed by atoms with Crippen LogP contribution in [0.3, 0.4) is 0 Å². The van der Waals surface area contributed by atoms with Gasteiger partial charge in [-0.25, -0.2) is 4.98 Å². The highest BCUT2D eigenvalue weighted by molar-refractivity contribution is 7.71. The zero-order valence-electron chi connectivity index (χ0n) is 11.1. The van der Waals surface area contributed by atoms with Crippen LogP contribution in [0.2, 0.25) is 0 Å². The van der Waals surface area contributed by atoms with E-state index in [0.29, 0.717) is 15.8 Å². The van der Waals surface area contributed by atoms with E-state index in [9.17, 15) is 10.2 Å². The highest BCUT2D eigenvalue weighted by atomic mass is 32.1.